The molecule has 0 aliphatic carbocycles. The Bertz CT molecular complexity index is 962. The third-order valence-corrected chi connectivity index (χ3v) is 10.6. The van der Waals surface area contributed by atoms with E-state index in [1.807, 2.05) is 36.4 Å². The van der Waals surface area contributed by atoms with Crippen LogP contribution in [0.4, 0.5) is 0 Å². The molecule has 0 radical (unpaired) electrons. The van der Waals surface area contributed by atoms with Crippen molar-refractivity contribution in [3.63, 3.8) is 0 Å². The number of hydrogen-bond donors (Lipinski definition) is 1. The Labute approximate surface area is 197 Å². The first-order chi connectivity index (χ1) is 15.7. The lowest BCUT2D eigenvalue weighted by Crippen LogP contribution is -2.66. The Morgan fingerprint density at radius 1 is 1.03 bits per heavy atom. The summed E-state index contributed by atoms with van der Waals surface area (Å²) in [6.07, 6.45) is 1.32. The molecule has 174 valence electrons. The number of hydrogen-bond acceptors (Lipinski definition) is 5. The van der Waals surface area contributed by atoms with Crippen LogP contribution in [0.3, 0.4) is 0 Å². The molecule has 0 unspecified atom stereocenters. The van der Waals surface area contributed by atoms with Crippen LogP contribution in [0.2, 0.25) is 5.04 Å². The predicted octanol–water partition coefficient (Wildman–Crippen LogP) is 2.81. The van der Waals surface area contributed by atoms with Gasteiger partial charge in [-0.2, -0.15) is 0 Å². The molecule has 0 aromatic heterocycles. The van der Waals surface area contributed by atoms with Crippen molar-refractivity contribution < 1.29 is 23.8 Å². The number of aliphatic hydroxyl groups excluding tert-OH is 1. The van der Waals surface area contributed by atoms with E-state index in [2.05, 4.69) is 56.9 Å². The highest BCUT2D eigenvalue weighted by molar-refractivity contribution is 6.99. The standard InChI is InChI=1S/C27H32O5Si/c1-21(28)30-20-22-17-18-25(29)26(32-22)16-11-19-31-33(27(2,3)4,23-12-7-5-8-13-23)24-14-9-6-10-15-24/h5-10,12-15,17-18,22,25-26,29H,19-20H2,1-4H3/t22-,25+,26+/m0/s1. The van der Waals surface area contributed by atoms with E-state index in [9.17, 15) is 9.90 Å². The Morgan fingerprint density at radius 2 is 1.61 bits per heavy atom. The van der Waals surface area contributed by atoms with Gasteiger partial charge in [-0.3, -0.25) is 4.79 Å². The van der Waals surface area contributed by atoms with Gasteiger partial charge in [0.15, 0.2) is 0 Å². The molecule has 0 bridgehead atoms. The maximum Gasteiger partial charge on any atom is 0.302 e. The average molecular weight is 465 g/mol. The summed E-state index contributed by atoms with van der Waals surface area (Å²) in [7, 11) is -2.67. The Hall–Kier alpha value is -2.69. The van der Waals surface area contributed by atoms with Crippen molar-refractivity contribution in [2.24, 2.45) is 0 Å². The lowest BCUT2D eigenvalue weighted by molar-refractivity contribution is -0.145. The highest BCUT2D eigenvalue weighted by atomic mass is 28.4. The van der Waals surface area contributed by atoms with Crippen LogP contribution < -0.4 is 10.4 Å². The van der Waals surface area contributed by atoms with Crippen molar-refractivity contribution in [3.8, 4) is 11.8 Å². The summed E-state index contributed by atoms with van der Waals surface area (Å²) in [6.45, 7) is 8.29. The maximum absolute atomic E-state index is 11.1. The smallest absolute Gasteiger partial charge is 0.302 e. The average Bonchev–Trinajstić information content (AvgIpc) is 2.79. The van der Waals surface area contributed by atoms with Gasteiger partial charge in [0.05, 0.1) is 6.61 Å². The zero-order valence-electron chi connectivity index (χ0n) is 19.7. The number of carbonyl (C=O) groups is 1. The van der Waals surface area contributed by atoms with E-state index in [1.165, 1.54) is 17.3 Å². The topological polar surface area (TPSA) is 65.0 Å². The van der Waals surface area contributed by atoms with Gasteiger partial charge in [0.25, 0.3) is 8.32 Å². The lowest BCUT2D eigenvalue weighted by atomic mass is 10.1. The largest absolute Gasteiger partial charge is 0.463 e. The Balaban J connectivity index is 1.83. The number of carbonyl (C=O) groups excluding carboxylic acids is 1. The zero-order valence-corrected chi connectivity index (χ0v) is 20.7. The van der Waals surface area contributed by atoms with E-state index in [0.717, 1.165) is 0 Å². The normalized spacial score (nSPS) is 20.6. The molecule has 3 atom stereocenters. The second-order valence-corrected chi connectivity index (χ2v) is 13.4. The molecule has 1 aliphatic heterocycles. The first-order valence-corrected chi connectivity index (χ1v) is 13.0. The van der Waals surface area contributed by atoms with Gasteiger partial charge >= 0.3 is 5.97 Å². The van der Waals surface area contributed by atoms with Gasteiger partial charge < -0.3 is 19.0 Å². The van der Waals surface area contributed by atoms with Crippen LogP contribution in [-0.4, -0.2) is 50.9 Å². The van der Waals surface area contributed by atoms with E-state index in [4.69, 9.17) is 13.9 Å². The van der Waals surface area contributed by atoms with E-state index < -0.39 is 26.6 Å². The molecule has 0 fully saturated rings. The highest BCUT2D eigenvalue weighted by Crippen LogP contribution is 2.36. The molecular formula is C27H32O5Si. The van der Waals surface area contributed by atoms with E-state index in [0.29, 0.717) is 0 Å². The van der Waals surface area contributed by atoms with Gasteiger partial charge in [-0.05, 0) is 15.4 Å². The molecule has 1 aliphatic rings. The second-order valence-electron chi connectivity index (χ2n) is 9.05. The van der Waals surface area contributed by atoms with Crippen LogP contribution in [0, 0.1) is 11.8 Å². The number of ether oxygens (including phenoxy) is 2. The summed E-state index contributed by atoms with van der Waals surface area (Å²) in [5, 5.41) is 12.5. The minimum Gasteiger partial charge on any atom is -0.463 e. The molecule has 3 rings (SSSR count). The summed E-state index contributed by atoms with van der Waals surface area (Å²) in [5.41, 5.74) is 0. The SMILES string of the molecule is CC(=O)OC[C@@H]1C=C[C@@H](O)[C@@H](C#CCO[Si](c2ccccc2)(c2ccccc2)C(C)(C)C)O1. The first kappa shape index (κ1) is 24.9. The van der Waals surface area contributed by atoms with Crippen molar-refractivity contribution in [2.45, 2.75) is 51.0 Å². The van der Waals surface area contributed by atoms with E-state index >= 15 is 0 Å². The van der Waals surface area contributed by atoms with Gasteiger partial charge in [0, 0.05) is 6.92 Å². The number of esters is 1. The monoisotopic (exact) mass is 464 g/mol. The molecule has 2 aromatic carbocycles. The van der Waals surface area contributed by atoms with Crippen LogP contribution in [0.15, 0.2) is 72.8 Å². The van der Waals surface area contributed by atoms with Crippen LogP contribution >= 0.6 is 0 Å². The molecule has 1 heterocycles. The zero-order chi connectivity index (χ0) is 23.9. The van der Waals surface area contributed by atoms with Crippen molar-refractivity contribution in [1.82, 2.24) is 0 Å². The van der Waals surface area contributed by atoms with Gasteiger partial charge in [-0.25, -0.2) is 0 Å². The summed E-state index contributed by atoms with van der Waals surface area (Å²) in [4.78, 5) is 11.1. The molecule has 33 heavy (non-hydrogen) atoms. The summed E-state index contributed by atoms with van der Waals surface area (Å²) in [6, 6.07) is 20.7. The van der Waals surface area contributed by atoms with Crippen LogP contribution in [-0.2, 0) is 18.7 Å². The summed E-state index contributed by atoms with van der Waals surface area (Å²) < 4.78 is 17.5. The highest BCUT2D eigenvalue weighted by Gasteiger charge is 2.50. The van der Waals surface area contributed by atoms with Crippen LogP contribution in [0.1, 0.15) is 27.7 Å². The predicted molar refractivity (Wildman–Crippen MR) is 132 cm³/mol. The van der Waals surface area contributed by atoms with Crippen molar-refractivity contribution in [1.29, 1.82) is 0 Å². The third kappa shape index (κ3) is 6.01. The van der Waals surface area contributed by atoms with Crippen molar-refractivity contribution in [3.05, 3.63) is 72.8 Å². The fourth-order valence-electron chi connectivity index (χ4n) is 4.11. The molecular weight excluding hydrogens is 432 g/mol. The molecule has 0 saturated heterocycles. The molecule has 2 aromatic rings. The lowest BCUT2D eigenvalue weighted by Gasteiger charge is -2.42. The minimum absolute atomic E-state index is 0.0926. The quantitative estimate of drug-likeness (QED) is 0.308. The molecule has 6 heteroatoms. The fraction of sp³-hybridized carbons (Fsp3) is 0.370. The summed E-state index contributed by atoms with van der Waals surface area (Å²) >= 11 is 0. The number of rotatable bonds is 6. The molecule has 5 nitrogen and oxygen atoms in total. The second kappa shape index (κ2) is 11.0. The third-order valence-electron chi connectivity index (χ3n) is 5.63. The number of aliphatic hydroxyl groups is 1. The molecule has 0 spiro atoms. The Kier molecular flexibility index (Phi) is 8.28. The van der Waals surface area contributed by atoms with Gasteiger partial charge in [-0.1, -0.05) is 105 Å². The van der Waals surface area contributed by atoms with Crippen molar-refractivity contribution >= 4 is 24.7 Å². The van der Waals surface area contributed by atoms with Gasteiger partial charge in [-0.15, -0.1) is 0 Å². The molecule has 0 saturated carbocycles. The van der Waals surface area contributed by atoms with Crippen LogP contribution in [0.5, 0.6) is 0 Å². The molecule has 1 N–H and O–H groups in total. The first-order valence-electron chi connectivity index (χ1n) is 11.1. The van der Waals surface area contributed by atoms with Crippen LogP contribution in [0.25, 0.3) is 0 Å². The van der Waals surface area contributed by atoms with E-state index in [-0.39, 0.29) is 24.2 Å². The number of benzene rings is 2. The van der Waals surface area contributed by atoms with Crippen molar-refractivity contribution in [2.75, 3.05) is 13.2 Å². The summed E-state index contributed by atoms with van der Waals surface area (Å²) in [5.74, 6) is 5.70. The van der Waals surface area contributed by atoms with Gasteiger partial charge in [0.1, 0.15) is 24.9 Å². The Morgan fingerprint density at radius 3 is 2.12 bits per heavy atom. The molecule has 0 amide bonds. The van der Waals surface area contributed by atoms with E-state index in [1.54, 1.807) is 12.2 Å². The maximum atomic E-state index is 11.1. The fourth-order valence-corrected chi connectivity index (χ4v) is 8.56. The minimum atomic E-state index is -2.67. The van der Waals surface area contributed by atoms with Gasteiger partial charge in [0.2, 0.25) is 0 Å².